The van der Waals surface area contributed by atoms with Crippen LogP contribution < -0.4 is 10.2 Å². The Labute approximate surface area is 113 Å². The van der Waals surface area contributed by atoms with Crippen LogP contribution in [0.2, 0.25) is 0 Å². The fourth-order valence-electron chi connectivity index (χ4n) is 2.56. The van der Waals surface area contributed by atoms with E-state index < -0.39 is 0 Å². The average Bonchev–Trinajstić information content (AvgIpc) is 3.12. The monoisotopic (exact) mass is 266 g/mol. The SMILES string of the molecule is CCc1nsc(N2CCCCC2CNC2CC2)n1. The van der Waals surface area contributed by atoms with Gasteiger partial charge in [0.15, 0.2) is 0 Å². The van der Waals surface area contributed by atoms with Gasteiger partial charge in [0.2, 0.25) is 5.13 Å². The third-order valence-corrected chi connectivity index (χ3v) is 4.66. The lowest BCUT2D eigenvalue weighted by atomic mass is 10.0. The Morgan fingerprint density at radius 2 is 2.22 bits per heavy atom. The highest BCUT2D eigenvalue weighted by Crippen LogP contribution is 2.27. The smallest absolute Gasteiger partial charge is 0.205 e. The van der Waals surface area contributed by atoms with Gasteiger partial charge in [0.25, 0.3) is 0 Å². The molecule has 4 nitrogen and oxygen atoms in total. The molecule has 3 rings (SSSR count). The lowest BCUT2D eigenvalue weighted by Crippen LogP contribution is -2.46. The molecule has 2 aliphatic rings. The Kier molecular flexibility index (Phi) is 3.80. The van der Waals surface area contributed by atoms with E-state index in [1.165, 1.54) is 32.1 Å². The van der Waals surface area contributed by atoms with Crippen LogP contribution in [0.3, 0.4) is 0 Å². The maximum atomic E-state index is 4.65. The number of hydrogen-bond acceptors (Lipinski definition) is 5. The van der Waals surface area contributed by atoms with Gasteiger partial charge in [0.1, 0.15) is 5.82 Å². The summed E-state index contributed by atoms with van der Waals surface area (Å²) in [7, 11) is 0. The minimum Gasteiger partial charge on any atom is -0.343 e. The van der Waals surface area contributed by atoms with Gasteiger partial charge in [-0.15, -0.1) is 0 Å². The maximum absolute atomic E-state index is 4.65. The second kappa shape index (κ2) is 5.53. The Bertz CT molecular complexity index is 388. The topological polar surface area (TPSA) is 41.1 Å². The van der Waals surface area contributed by atoms with Crippen molar-refractivity contribution in [2.24, 2.45) is 0 Å². The van der Waals surface area contributed by atoms with Crippen LogP contribution >= 0.6 is 11.5 Å². The van der Waals surface area contributed by atoms with Crippen molar-refractivity contribution in [3.8, 4) is 0 Å². The standard InChI is InChI=1S/C13H22N4S/c1-2-12-15-13(18-16-12)17-8-4-3-5-11(17)9-14-10-6-7-10/h10-11,14H,2-9H2,1H3. The Balaban J connectivity index is 1.65. The quantitative estimate of drug-likeness (QED) is 0.887. The van der Waals surface area contributed by atoms with Crippen LogP contribution in [-0.4, -0.2) is 34.5 Å². The number of nitrogens with one attached hydrogen (secondary N) is 1. The summed E-state index contributed by atoms with van der Waals surface area (Å²) in [6.45, 7) is 4.38. The molecule has 5 heteroatoms. The van der Waals surface area contributed by atoms with Crippen molar-refractivity contribution >= 4 is 16.7 Å². The van der Waals surface area contributed by atoms with E-state index in [9.17, 15) is 0 Å². The molecule has 18 heavy (non-hydrogen) atoms. The summed E-state index contributed by atoms with van der Waals surface area (Å²) in [4.78, 5) is 7.13. The molecule has 0 spiro atoms. The molecule has 0 aromatic carbocycles. The van der Waals surface area contributed by atoms with Gasteiger partial charge in [-0.3, -0.25) is 0 Å². The molecule has 0 amide bonds. The number of nitrogens with zero attached hydrogens (tertiary/aromatic N) is 3. The lowest BCUT2D eigenvalue weighted by Gasteiger charge is -2.35. The lowest BCUT2D eigenvalue weighted by molar-refractivity contribution is 0.434. The largest absolute Gasteiger partial charge is 0.343 e. The molecule has 1 saturated heterocycles. The van der Waals surface area contributed by atoms with Gasteiger partial charge < -0.3 is 10.2 Å². The molecule has 1 N–H and O–H groups in total. The molecule has 1 aromatic rings. The van der Waals surface area contributed by atoms with Crippen molar-refractivity contribution < 1.29 is 0 Å². The van der Waals surface area contributed by atoms with Gasteiger partial charge in [-0.2, -0.15) is 4.37 Å². The molecule has 1 aliphatic carbocycles. The van der Waals surface area contributed by atoms with Crippen molar-refractivity contribution in [3.05, 3.63) is 5.82 Å². The van der Waals surface area contributed by atoms with E-state index in [4.69, 9.17) is 0 Å². The second-order valence-electron chi connectivity index (χ2n) is 5.37. The van der Waals surface area contributed by atoms with E-state index in [2.05, 4.69) is 26.5 Å². The summed E-state index contributed by atoms with van der Waals surface area (Å²) in [5, 5.41) is 4.80. The third kappa shape index (κ3) is 2.83. The van der Waals surface area contributed by atoms with Crippen LogP contribution in [0.15, 0.2) is 0 Å². The summed E-state index contributed by atoms with van der Waals surface area (Å²) in [5.41, 5.74) is 0. The highest BCUT2D eigenvalue weighted by molar-refractivity contribution is 7.09. The zero-order chi connectivity index (χ0) is 12.4. The van der Waals surface area contributed by atoms with Crippen LogP contribution in [0.1, 0.15) is 44.9 Å². The van der Waals surface area contributed by atoms with E-state index in [1.54, 1.807) is 11.5 Å². The fourth-order valence-corrected chi connectivity index (χ4v) is 3.41. The van der Waals surface area contributed by atoms with Gasteiger partial charge in [-0.05, 0) is 32.1 Å². The average molecular weight is 266 g/mol. The Morgan fingerprint density at radius 3 is 2.94 bits per heavy atom. The molecule has 100 valence electrons. The van der Waals surface area contributed by atoms with Crippen molar-refractivity contribution in [2.45, 2.75) is 57.5 Å². The van der Waals surface area contributed by atoms with Gasteiger partial charge >= 0.3 is 0 Å². The van der Waals surface area contributed by atoms with Gasteiger partial charge in [0, 0.05) is 43.1 Å². The first-order chi connectivity index (χ1) is 8.86. The molecule has 0 radical (unpaired) electrons. The minimum absolute atomic E-state index is 0.622. The zero-order valence-electron chi connectivity index (χ0n) is 11.1. The molecule has 2 fully saturated rings. The first-order valence-corrected chi connectivity index (χ1v) is 7.96. The predicted octanol–water partition coefficient (Wildman–Crippen LogP) is 2.21. The second-order valence-corrected chi connectivity index (χ2v) is 6.10. The van der Waals surface area contributed by atoms with E-state index in [0.29, 0.717) is 6.04 Å². The van der Waals surface area contributed by atoms with Crippen LogP contribution in [0.25, 0.3) is 0 Å². The highest BCUT2D eigenvalue weighted by atomic mass is 32.1. The summed E-state index contributed by atoms with van der Waals surface area (Å²) in [6.07, 6.45) is 7.61. The van der Waals surface area contributed by atoms with Crippen molar-refractivity contribution in [1.29, 1.82) is 0 Å². The zero-order valence-corrected chi connectivity index (χ0v) is 11.9. The first kappa shape index (κ1) is 12.4. The Hall–Kier alpha value is -0.680. The number of anilines is 1. The summed E-state index contributed by atoms with van der Waals surface area (Å²) >= 11 is 1.57. The molecule has 1 saturated carbocycles. The van der Waals surface area contributed by atoms with Crippen molar-refractivity contribution in [2.75, 3.05) is 18.0 Å². The Morgan fingerprint density at radius 1 is 1.33 bits per heavy atom. The molecular formula is C13H22N4S. The van der Waals surface area contributed by atoms with E-state index in [1.807, 2.05) is 0 Å². The van der Waals surface area contributed by atoms with Crippen LogP contribution in [0.5, 0.6) is 0 Å². The number of aryl methyl sites for hydroxylation is 1. The molecule has 1 aliphatic heterocycles. The number of rotatable bonds is 5. The normalized spacial score (nSPS) is 24.5. The molecule has 0 bridgehead atoms. The van der Waals surface area contributed by atoms with Gasteiger partial charge in [-0.25, -0.2) is 4.98 Å². The maximum Gasteiger partial charge on any atom is 0.205 e. The molecule has 1 aromatic heterocycles. The van der Waals surface area contributed by atoms with Gasteiger partial charge in [-0.1, -0.05) is 6.92 Å². The van der Waals surface area contributed by atoms with Crippen molar-refractivity contribution in [1.82, 2.24) is 14.7 Å². The number of piperidine rings is 1. The van der Waals surface area contributed by atoms with Crippen LogP contribution in [0, 0.1) is 0 Å². The van der Waals surface area contributed by atoms with E-state index in [0.717, 1.165) is 36.5 Å². The minimum atomic E-state index is 0.622. The van der Waals surface area contributed by atoms with Crippen LogP contribution in [-0.2, 0) is 6.42 Å². The molecule has 1 unspecified atom stereocenters. The highest BCUT2D eigenvalue weighted by Gasteiger charge is 2.28. The summed E-state index contributed by atoms with van der Waals surface area (Å²) in [6, 6.07) is 1.42. The van der Waals surface area contributed by atoms with E-state index >= 15 is 0 Å². The van der Waals surface area contributed by atoms with E-state index in [-0.39, 0.29) is 0 Å². The molecule has 2 heterocycles. The first-order valence-electron chi connectivity index (χ1n) is 7.19. The van der Waals surface area contributed by atoms with Crippen LogP contribution in [0.4, 0.5) is 5.13 Å². The molecular weight excluding hydrogens is 244 g/mol. The summed E-state index contributed by atoms with van der Waals surface area (Å²) in [5.74, 6) is 0.995. The molecule has 1 atom stereocenters. The van der Waals surface area contributed by atoms with Crippen molar-refractivity contribution in [3.63, 3.8) is 0 Å². The number of aromatic nitrogens is 2. The fraction of sp³-hybridized carbons (Fsp3) is 0.846. The third-order valence-electron chi connectivity index (χ3n) is 3.87. The van der Waals surface area contributed by atoms with Gasteiger partial charge in [0.05, 0.1) is 0 Å². The summed E-state index contributed by atoms with van der Waals surface area (Å²) < 4.78 is 4.42. The number of hydrogen-bond donors (Lipinski definition) is 1. The predicted molar refractivity (Wildman–Crippen MR) is 75.3 cm³/mol.